The highest BCUT2D eigenvalue weighted by Crippen LogP contribution is 2.28. The van der Waals surface area contributed by atoms with Crippen molar-refractivity contribution in [2.45, 2.75) is 121 Å². The molecule has 3 unspecified atom stereocenters. The van der Waals surface area contributed by atoms with Crippen LogP contribution in [0.3, 0.4) is 0 Å². The van der Waals surface area contributed by atoms with Gasteiger partial charge < -0.3 is 15.3 Å². The molecule has 0 spiro atoms. The lowest BCUT2D eigenvalue weighted by molar-refractivity contribution is -0.120. The quantitative estimate of drug-likeness (QED) is 0.124. The molecule has 0 aliphatic heterocycles. The Morgan fingerprint density at radius 3 is 0.903 bits per heavy atom. The molecule has 0 saturated carbocycles. The van der Waals surface area contributed by atoms with E-state index in [1.807, 2.05) is 87.4 Å². The first-order valence-electron chi connectivity index (χ1n) is 20.2. The predicted octanol–water partition coefficient (Wildman–Crippen LogP) is 9.25. The topological polar surface area (TPSA) is 211 Å². The minimum absolute atomic E-state index is 0.134. The number of Topliss-reactive ketones (excluding diaryl/α,β-unsaturated/α-hetero) is 2. The molecule has 0 fully saturated rings. The van der Waals surface area contributed by atoms with Crippen LogP contribution in [-0.2, 0) is 26.4 Å². The average molecular weight is 1080 g/mol. The van der Waals surface area contributed by atoms with Gasteiger partial charge in [-0.05, 0) is 110 Å². The fraction of sp³-hybridized carbons (Fsp3) is 0.500. The van der Waals surface area contributed by atoms with Crippen LogP contribution in [0.4, 0.5) is 0 Å². The van der Waals surface area contributed by atoms with Gasteiger partial charge in [-0.1, -0.05) is 75.3 Å². The molecule has 0 aliphatic carbocycles. The van der Waals surface area contributed by atoms with E-state index in [1.165, 1.54) is 0 Å². The summed E-state index contributed by atoms with van der Waals surface area (Å²) in [5.41, 5.74) is -0.593. The maximum absolute atomic E-state index is 10.1. The van der Waals surface area contributed by atoms with Crippen LogP contribution in [0.5, 0.6) is 0 Å². The van der Waals surface area contributed by atoms with Gasteiger partial charge in [-0.3, -0.25) is 44.5 Å². The van der Waals surface area contributed by atoms with Crippen LogP contribution >= 0.6 is 45.2 Å². The number of aliphatic hydroxyl groups is 3. The van der Waals surface area contributed by atoms with Crippen molar-refractivity contribution in [3.8, 4) is 0 Å². The van der Waals surface area contributed by atoms with Crippen LogP contribution in [0.1, 0.15) is 121 Å². The van der Waals surface area contributed by atoms with Crippen LogP contribution in [0.15, 0.2) is 98.8 Å². The highest BCUT2D eigenvalue weighted by Gasteiger charge is 2.30. The Bertz CT molecular complexity index is 1690. The summed E-state index contributed by atoms with van der Waals surface area (Å²) in [5.74, 6) is 1.38. The molecule has 16 heteroatoms. The molecule has 3 atom stereocenters. The first-order chi connectivity index (χ1) is 28.7. The van der Waals surface area contributed by atoms with Gasteiger partial charge in [0.1, 0.15) is 35.8 Å². The van der Waals surface area contributed by atoms with Crippen LogP contribution in [0.25, 0.3) is 0 Å². The molecular weight excluding hydrogens is 1010 g/mol. The fourth-order valence-corrected chi connectivity index (χ4v) is 3.88. The number of aromatic nitrogens is 9. The predicted molar refractivity (Wildman–Crippen MR) is 262 cm³/mol. The van der Waals surface area contributed by atoms with Crippen molar-refractivity contribution in [2.24, 2.45) is 29.6 Å². The summed E-state index contributed by atoms with van der Waals surface area (Å²) in [6.07, 6.45) is 21.3. The molecule has 0 aliphatic rings. The number of nitrogens with zero attached hydrogens (tertiary/aromatic N) is 9. The fourth-order valence-electron chi connectivity index (χ4n) is 3.23. The molecule has 62 heavy (non-hydrogen) atoms. The zero-order chi connectivity index (χ0) is 48.1. The van der Waals surface area contributed by atoms with Crippen LogP contribution < -0.4 is 0 Å². The van der Waals surface area contributed by atoms with E-state index in [9.17, 15) is 24.9 Å². The number of hydrogen-bond acceptors (Lipinski definition) is 14. The van der Waals surface area contributed by atoms with Crippen molar-refractivity contribution < 1.29 is 24.9 Å². The van der Waals surface area contributed by atoms with Gasteiger partial charge in [0.2, 0.25) is 0 Å². The molecule has 5 aromatic rings. The summed E-state index contributed by atoms with van der Waals surface area (Å²) >= 11 is 4.21. The monoisotopic (exact) mass is 1080 g/mol. The first-order valence-corrected chi connectivity index (χ1v) is 22.3. The normalized spacial score (nSPS) is 13.1. The number of carbonyl (C=O) groups excluding carboxylic acids is 2. The van der Waals surface area contributed by atoms with E-state index < -0.39 is 16.8 Å². The zero-order valence-electron chi connectivity index (χ0n) is 39.1. The van der Waals surface area contributed by atoms with Crippen molar-refractivity contribution in [2.75, 3.05) is 0 Å². The van der Waals surface area contributed by atoms with E-state index in [2.05, 4.69) is 90.0 Å². The molecular formula is C46H69I2N9O5. The summed E-state index contributed by atoms with van der Waals surface area (Å²) in [4.78, 5) is 55.8. The maximum Gasteiger partial charge on any atom is 0.132 e. The summed E-state index contributed by atoms with van der Waals surface area (Å²) in [6, 6.07) is 5.58. The van der Waals surface area contributed by atoms with Crippen molar-refractivity contribution in [3.63, 3.8) is 0 Å². The van der Waals surface area contributed by atoms with Crippen molar-refractivity contribution in [1.82, 2.24) is 44.9 Å². The number of pyridine rings is 1. The van der Waals surface area contributed by atoms with Crippen molar-refractivity contribution in [1.29, 1.82) is 0 Å². The third kappa shape index (κ3) is 26.6. The Morgan fingerprint density at radius 1 is 0.452 bits per heavy atom. The molecule has 0 radical (unpaired) electrons. The summed E-state index contributed by atoms with van der Waals surface area (Å²) in [5, 5.41) is 29.9. The van der Waals surface area contributed by atoms with E-state index in [1.54, 1.807) is 115 Å². The second-order valence-electron chi connectivity index (χ2n) is 15.9. The lowest BCUT2D eigenvalue weighted by Gasteiger charge is -2.26. The third-order valence-corrected chi connectivity index (χ3v) is 10.5. The Kier molecular flexibility index (Phi) is 31.0. The molecule has 0 bridgehead atoms. The molecule has 0 saturated heterocycles. The molecule has 5 aromatic heterocycles. The van der Waals surface area contributed by atoms with Gasteiger partial charge in [0.25, 0.3) is 0 Å². The highest BCUT2D eigenvalue weighted by atomic mass is 127. The summed E-state index contributed by atoms with van der Waals surface area (Å²) in [7, 11) is 0. The van der Waals surface area contributed by atoms with Gasteiger partial charge in [-0.25, -0.2) is 9.97 Å². The van der Waals surface area contributed by atoms with Crippen LogP contribution in [0.2, 0.25) is 0 Å². The Balaban J connectivity index is 0. The Labute approximate surface area is 397 Å². The largest absolute Gasteiger partial charge is 0.384 e. The SMILES string of the molecule is CC(=O)C(C)C.CC(=O)C(C)C.CC(C)C(C)(O)c1ccccn1.CC(C)C(C)(O)c1cnccn1.CC(C)C(C)(O)c1cnccn1.Ic1cnccn1.Ic1cnccn1. The Hall–Kier alpha value is -3.85. The molecule has 342 valence electrons. The van der Waals surface area contributed by atoms with Crippen molar-refractivity contribution >= 4 is 56.7 Å². The number of hydrogen-bond donors (Lipinski definition) is 3. The zero-order valence-corrected chi connectivity index (χ0v) is 43.4. The van der Waals surface area contributed by atoms with Gasteiger partial charge in [0, 0.05) is 67.6 Å². The van der Waals surface area contributed by atoms with Crippen LogP contribution in [0, 0.1) is 37.0 Å². The van der Waals surface area contributed by atoms with E-state index >= 15 is 0 Å². The van der Waals surface area contributed by atoms with Gasteiger partial charge in [0.05, 0.1) is 41.9 Å². The lowest BCUT2D eigenvalue weighted by Crippen LogP contribution is -2.29. The molecule has 0 aromatic carbocycles. The molecule has 5 rings (SSSR count). The van der Waals surface area contributed by atoms with E-state index in [0.29, 0.717) is 11.4 Å². The number of halogens is 2. The summed E-state index contributed by atoms with van der Waals surface area (Å²) in [6.45, 7) is 27.8. The van der Waals surface area contributed by atoms with Gasteiger partial charge in [-0.15, -0.1) is 0 Å². The van der Waals surface area contributed by atoms with E-state index in [4.69, 9.17) is 0 Å². The van der Waals surface area contributed by atoms with Gasteiger partial charge in [-0.2, -0.15) is 0 Å². The van der Waals surface area contributed by atoms with Crippen LogP contribution in [-0.4, -0.2) is 71.7 Å². The molecule has 5 heterocycles. The Morgan fingerprint density at radius 2 is 0.726 bits per heavy atom. The van der Waals surface area contributed by atoms with Crippen molar-refractivity contribution in [3.05, 3.63) is 123 Å². The van der Waals surface area contributed by atoms with E-state index in [-0.39, 0.29) is 41.2 Å². The molecule has 0 amide bonds. The standard InChI is InChI=1S/C10H15NO.2C9H14N2O.2C5H10O.2C4H3IN2/c1-8(2)10(3,12)9-6-4-5-7-11-9;2*1-7(2)9(3,12)8-6-10-4-5-11-8;2*1-4(2)5(3)6;2*5-4-3-6-1-2-7-4/h4-8,12H,1-3H3;2*4-7,12H,1-3H3;2*4H,1-3H3;2*1-3H. The molecule has 14 nitrogen and oxygen atoms in total. The second kappa shape index (κ2) is 31.9. The van der Waals surface area contributed by atoms with E-state index in [0.717, 1.165) is 13.1 Å². The number of rotatable bonds is 8. The highest BCUT2D eigenvalue weighted by molar-refractivity contribution is 14.1. The van der Waals surface area contributed by atoms with Gasteiger partial charge >= 0.3 is 0 Å². The maximum atomic E-state index is 10.1. The molecule has 3 N–H and O–H groups in total. The lowest BCUT2D eigenvalue weighted by atomic mass is 9.89. The number of carbonyl (C=O) groups is 2. The first kappa shape index (κ1) is 60.2. The smallest absolute Gasteiger partial charge is 0.132 e. The van der Waals surface area contributed by atoms with Gasteiger partial charge in [0.15, 0.2) is 0 Å². The minimum atomic E-state index is -0.881. The second-order valence-corrected chi connectivity index (χ2v) is 18.1. The summed E-state index contributed by atoms with van der Waals surface area (Å²) < 4.78 is 1.86. The third-order valence-electron chi connectivity index (χ3n) is 9.41. The number of ketones is 2. The minimum Gasteiger partial charge on any atom is -0.384 e. The average Bonchev–Trinajstić information content (AvgIpc) is 3.23.